The molecule has 5 aliphatic rings. The van der Waals surface area contributed by atoms with Gasteiger partial charge in [0.1, 0.15) is 6.67 Å². The van der Waals surface area contributed by atoms with Gasteiger partial charge in [-0.25, -0.2) is 0 Å². The highest BCUT2D eigenvalue weighted by molar-refractivity contribution is 6.07. The van der Waals surface area contributed by atoms with E-state index in [-0.39, 0.29) is 17.5 Å². The summed E-state index contributed by atoms with van der Waals surface area (Å²) in [4.78, 5) is 39.9. The van der Waals surface area contributed by atoms with Crippen molar-refractivity contribution in [2.45, 2.75) is 26.4 Å². The van der Waals surface area contributed by atoms with Crippen LogP contribution in [0.2, 0.25) is 0 Å². The number of benzene rings is 1. The summed E-state index contributed by atoms with van der Waals surface area (Å²) in [6, 6.07) is 4.69. The maximum absolute atomic E-state index is 13.4. The summed E-state index contributed by atoms with van der Waals surface area (Å²) >= 11 is 0. The SMILES string of the molecule is Cc1ccc(N(CN2C(=O)[C@@H]3[C@@H]4C=C[C@H]([C@@H]5C[C@H]45)[C@@H]3C2=O)C(=O)C(F)(F)F)c(C)c1. The fourth-order valence-corrected chi connectivity index (χ4v) is 5.81. The van der Waals surface area contributed by atoms with E-state index in [0.29, 0.717) is 22.3 Å². The molecule has 0 spiro atoms. The molecule has 3 fully saturated rings. The highest BCUT2D eigenvalue weighted by atomic mass is 19.4. The van der Waals surface area contributed by atoms with E-state index >= 15 is 0 Å². The lowest BCUT2D eigenvalue weighted by atomic mass is 9.63. The summed E-state index contributed by atoms with van der Waals surface area (Å²) in [7, 11) is 0. The zero-order valence-electron chi connectivity index (χ0n) is 16.5. The number of amides is 3. The number of hydrogen-bond donors (Lipinski definition) is 0. The minimum absolute atomic E-state index is 0.0284. The summed E-state index contributed by atoms with van der Waals surface area (Å²) in [6.07, 6.45) is -0.135. The van der Waals surface area contributed by atoms with Crippen molar-refractivity contribution < 1.29 is 27.6 Å². The van der Waals surface area contributed by atoms with Gasteiger partial charge in [-0.15, -0.1) is 0 Å². The lowest BCUT2D eigenvalue weighted by molar-refractivity contribution is -0.171. The van der Waals surface area contributed by atoms with E-state index in [1.54, 1.807) is 26.0 Å². The predicted octanol–water partition coefficient (Wildman–Crippen LogP) is 3.21. The van der Waals surface area contributed by atoms with E-state index in [2.05, 4.69) is 0 Å². The predicted molar refractivity (Wildman–Crippen MR) is 101 cm³/mol. The number of aryl methyl sites for hydroxylation is 2. The van der Waals surface area contributed by atoms with E-state index in [1.165, 1.54) is 6.07 Å². The van der Waals surface area contributed by atoms with Crippen molar-refractivity contribution in [2.75, 3.05) is 11.6 Å². The number of anilines is 1. The van der Waals surface area contributed by atoms with Gasteiger partial charge in [0.15, 0.2) is 0 Å². The molecule has 158 valence electrons. The van der Waals surface area contributed by atoms with Crippen molar-refractivity contribution in [3.8, 4) is 0 Å². The molecule has 0 radical (unpaired) electrons. The summed E-state index contributed by atoms with van der Waals surface area (Å²) in [5, 5.41) is 0. The third-order valence-corrected chi connectivity index (χ3v) is 7.17. The Morgan fingerprint density at radius 1 is 1.07 bits per heavy atom. The first-order chi connectivity index (χ1) is 14.1. The van der Waals surface area contributed by atoms with E-state index in [0.717, 1.165) is 16.9 Å². The molecule has 4 aliphatic carbocycles. The van der Waals surface area contributed by atoms with Crippen molar-refractivity contribution in [1.29, 1.82) is 0 Å². The molecule has 2 bridgehead atoms. The first-order valence-electron chi connectivity index (χ1n) is 10.1. The molecule has 0 unspecified atom stereocenters. The molecule has 0 aromatic heterocycles. The van der Waals surface area contributed by atoms with Crippen LogP contribution in [0.3, 0.4) is 0 Å². The Morgan fingerprint density at radius 2 is 1.63 bits per heavy atom. The van der Waals surface area contributed by atoms with E-state index < -0.39 is 42.4 Å². The second-order valence-electron chi connectivity index (χ2n) is 8.92. The number of allylic oxidation sites excluding steroid dienone is 2. The lowest BCUT2D eigenvalue weighted by Crippen LogP contribution is -2.49. The molecule has 2 saturated carbocycles. The van der Waals surface area contributed by atoms with Crippen LogP contribution in [-0.2, 0) is 14.4 Å². The zero-order chi connectivity index (χ0) is 21.5. The first kappa shape index (κ1) is 19.3. The Kier molecular flexibility index (Phi) is 3.98. The van der Waals surface area contributed by atoms with Gasteiger partial charge in [0.25, 0.3) is 0 Å². The summed E-state index contributed by atoms with van der Waals surface area (Å²) in [5.41, 5.74) is 1.34. The van der Waals surface area contributed by atoms with Crippen molar-refractivity contribution in [3.05, 3.63) is 41.5 Å². The Bertz CT molecular complexity index is 966. The highest BCUT2D eigenvalue weighted by Crippen LogP contribution is 2.65. The molecule has 1 aliphatic heterocycles. The van der Waals surface area contributed by atoms with Gasteiger partial charge in [-0.1, -0.05) is 29.8 Å². The van der Waals surface area contributed by atoms with Crippen molar-refractivity contribution in [1.82, 2.24) is 4.90 Å². The van der Waals surface area contributed by atoms with E-state index in [9.17, 15) is 27.6 Å². The molecular formula is C22H21F3N2O3. The van der Waals surface area contributed by atoms with Gasteiger partial charge in [-0.3, -0.25) is 24.2 Å². The first-order valence-corrected chi connectivity index (χ1v) is 10.1. The number of alkyl halides is 3. The molecule has 1 aromatic carbocycles. The summed E-state index contributed by atoms with van der Waals surface area (Å²) < 4.78 is 40.1. The van der Waals surface area contributed by atoms with Gasteiger partial charge in [-0.2, -0.15) is 13.2 Å². The largest absolute Gasteiger partial charge is 0.471 e. The van der Waals surface area contributed by atoms with Gasteiger partial charge < -0.3 is 0 Å². The molecule has 1 aromatic rings. The number of rotatable bonds is 3. The van der Waals surface area contributed by atoms with Crippen LogP contribution < -0.4 is 4.90 Å². The fraction of sp³-hybridized carbons (Fsp3) is 0.500. The number of imide groups is 1. The average molecular weight is 418 g/mol. The summed E-state index contributed by atoms with van der Waals surface area (Å²) in [6.45, 7) is 2.67. The van der Waals surface area contributed by atoms with Crippen LogP contribution in [0.5, 0.6) is 0 Å². The van der Waals surface area contributed by atoms with Crippen molar-refractivity contribution in [3.63, 3.8) is 0 Å². The van der Waals surface area contributed by atoms with Gasteiger partial charge >= 0.3 is 12.1 Å². The number of halogens is 3. The number of nitrogens with zero attached hydrogens (tertiary/aromatic N) is 2. The van der Waals surface area contributed by atoms with E-state index in [4.69, 9.17) is 0 Å². The molecule has 1 heterocycles. The Morgan fingerprint density at radius 3 is 2.13 bits per heavy atom. The Balaban J connectivity index is 1.49. The van der Waals surface area contributed by atoms with Gasteiger partial charge in [0, 0.05) is 5.69 Å². The highest BCUT2D eigenvalue weighted by Gasteiger charge is 2.67. The normalized spacial score (nSPS) is 33.6. The number of carbonyl (C=O) groups excluding carboxylic acids is 3. The average Bonchev–Trinajstić information content (AvgIpc) is 3.45. The molecule has 0 N–H and O–H groups in total. The second-order valence-corrected chi connectivity index (χ2v) is 8.92. The van der Waals surface area contributed by atoms with Crippen LogP contribution in [0, 0.1) is 49.4 Å². The molecular weight excluding hydrogens is 397 g/mol. The smallest absolute Gasteiger partial charge is 0.286 e. The molecule has 1 saturated heterocycles. The molecule has 8 heteroatoms. The van der Waals surface area contributed by atoms with Gasteiger partial charge in [0.2, 0.25) is 11.8 Å². The van der Waals surface area contributed by atoms with Crippen LogP contribution in [0.25, 0.3) is 0 Å². The Hall–Kier alpha value is -2.64. The maximum atomic E-state index is 13.4. The molecule has 5 nitrogen and oxygen atoms in total. The van der Waals surface area contributed by atoms with Crippen LogP contribution in [0.4, 0.5) is 18.9 Å². The quantitative estimate of drug-likeness (QED) is 0.560. The minimum Gasteiger partial charge on any atom is -0.286 e. The van der Waals surface area contributed by atoms with Crippen LogP contribution in [-0.4, -0.2) is 35.5 Å². The Labute approximate surface area is 171 Å². The number of hydrogen-bond acceptors (Lipinski definition) is 3. The van der Waals surface area contributed by atoms with Crippen molar-refractivity contribution >= 4 is 23.4 Å². The fourth-order valence-electron chi connectivity index (χ4n) is 5.81. The van der Waals surface area contributed by atoms with Crippen LogP contribution in [0.15, 0.2) is 30.4 Å². The third-order valence-electron chi connectivity index (χ3n) is 7.17. The second kappa shape index (κ2) is 6.18. The van der Waals surface area contributed by atoms with Gasteiger partial charge in [0.05, 0.1) is 11.8 Å². The topological polar surface area (TPSA) is 57.7 Å². The summed E-state index contributed by atoms with van der Waals surface area (Å²) in [5.74, 6) is -3.31. The minimum atomic E-state index is -5.13. The zero-order valence-corrected chi connectivity index (χ0v) is 16.5. The molecule has 3 amide bonds. The van der Waals surface area contributed by atoms with E-state index in [1.807, 2.05) is 12.2 Å². The van der Waals surface area contributed by atoms with Crippen molar-refractivity contribution in [2.24, 2.45) is 35.5 Å². The van der Waals surface area contributed by atoms with Gasteiger partial charge in [-0.05, 0) is 55.6 Å². The maximum Gasteiger partial charge on any atom is 0.471 e. The molecule has 30 heavy (non-hydrogen) atoms. The lowest BCUT2D eigenvalue weighted by Gasteiger charge is -2.37. The third kappa shape index (κ3) is 2.65. The van der Waals surface area contributed by atoms with Crippen LogP contribution in [0.1, 0.15) is 17.5 Å². The molecule has 6 rings (SSSR count). The monoisotopic (exact) mass is 418 g/mol. The number of likely N-dealkylation sites (tertiary alicyclic amines) is 1. The molecule has 6 atom stereocenters. The standard InChI is InChI=1S/C22H21F3N2O3/c1-10-3-6-16(11(2)7-10)26(21(30)22(23,24)25)9-27-19(28)17-12-4-5-13(15-8-14(12)15)18(17)20(27)29/h3-7,12-15,17-18H,8-9H2,1-2H3/t12-,13-,14-,15+,17-,18+/m1/s1. The number of carbonyl (C=O) groups is 3. The van der Waals surface area contributed by atoms with Crippen LogP contribution >= 0.6 is 0 Å².